The SMILES string of the molecule is CCN(CC(=O)Nc1ccccc1C(F)(F)F)C(=O)CC(C)C1CCNCC1.Cl. The minimum atomic E-state index is -4.56. The number of hydrogen-bond donors (Lipinski definition) is 2. The monoisotopic (exact) mass is 435 g/mol. The van der Waals surface area contributed by atoms with Crippen molar-refractivity contribution in [2.75, 3.05) is 31.5 Å². The molecule has 1 heterocycles. The Morgan fingerprint density at radius 3 is 2.45 bits per heavy atom. The van der Waals surface area contributed by atoms with E-state index in [1.165, 1.54) is 23.1 Å². The predicted octanol–water partition coefficient (Wildman–Crippen LogP) is 3.94. The molecule has 1 unspecified atom stereocenters. The van der Waals surface area contributed by atoms with Crippen LogP contribution in [0.1, 0.15) is 38.7 Å². The molecule has 1 aliphatic heterocycles. The van der Waals surface area contributed by atoms with Crippen molar-refractivity contribution in [2.24, 2.45) is 11.8 Å². The van der Waals surface area contributed by atoms with E-state index in [2.05, 4.69) is 10.6 Å². The second-order valence-electron chi connectivity index (χ2n) is 7.27. The zero-order valence-corrected chi connectivity index (χ0v) is 17.5. The van der Waals surface area contributed by atoms with Crippen molar-refractivity contribution in [1.82, 2.24) is 10.2 Å². The van der Waals surface area contributed by atoms with E-state index in [0.29, 0.717) is 18.9 Å². The molecule has 9 heteroatoms. The highest BCUT2D eigenvalue weighted by Gasteiger charge is 2.33. The number of nitrogens with zero attached hydrogens (tertiary/aromatic N) is 1. The van der Waals surface area contributed by atoms with Gasteiger partial charge in [0.1, 0.15) is 0 Å². The van der Waals surface area contributed by atoms with E-state index in [-0.39, 0.29) is 36.5 Å². The van der Waals surface area contributed by atoms with Crippen molar-refractivity contribution < 1.29 is 22.8 Å². The fourth-order valence-electron chi connectivity index (χ4n) is 3.56. The summed E-state index contributed by atoms with van der Waals surface area (Å²) in [6.45, 7) is 5.75. The molecule has 164 valence electrons. The number of piperidine rings is 1. The van der Waals surface area contributed by atoms with Gasteiger partial charge in [0.05, 0.1) is 17.8 Å². The number of alkyl halides is 3. The molecule has 1 fully saturated rings. The highest BCUT2D eigenvalue weighted by atomic mass is 35.5. The number of nitrogens with one attached hydrogen (secondary N) is 2. The van der Waals surface area contributed by atoms with E-state index in [9.17, 15) is 22.8 Å². The van der Waals surface area contributed by atoms with Crippen LogP contribution in [0.25, 0.3) is 0 Å². The van der Waals surface area contributed by atoms with Crippen LogP contribution in [0.4, 0.5) is 18.9 Å². The van der Waals surface area contributed by atoms with E-state index in [4.69, 9.17) is 0 Å². The topological polar surface area (TPSA) is 61.4 Å². The van der Waals surface area contributed by atoms with Crippen LogP contribution in [0, 0.1) is 11.8 Å². The Kier molecular flexibility index (Phi) is 9.92. The first kappa shape index (κ1) is 25.2. The third-order valence-corrected chi connectivity index (χ3v) is 5.26. The second kappa shape index (κ2) is 11.4. The number of anilines is 1. The third-order valence-electron chi connectivity index (χ3n) is 5.26. The predicted molar refractivity (Wildman–Crippen MR) is 109 cm³/mol. The number of amides is 2. The van der Waals surface area contributed by atoms with Gasteiger partial charge in [-0.2, -0.15) is 13.2 Å². The Hall–Kier alpha value is -1.80. The summed E-state index contributed by atoms with van der Waals surface area (Å²) in [4.78, 5) is 26.3. The summed E-state index contributed by atoms with van der Waals surface area (Å²) in [5, 5.41) is 5.59. The van der Waals surface area contributed by atoms with Crippen LogP contribution in [-0.2, 0) is 15.8 Å². The lowest BCUT2D eigenvalue weighted by Crippen LogP contribution is -2.40. The first-order valence-corrected chi connectivity index (χ1v) is 9.67. The quantitative estimate of drug-likeness (QED) is 0.682. The molecule has 1 atom stereocenters. The van der Waals surface area contributed by atoms with Gasteiger partial charge in [-0.15, -0.1) is 12.4 Å². The van der Waals surface area contributed by atoms with Crippen molar-refractivity contribution in [3.8, 4) is 0 Å². The molecule has 0 bridgehead atoms. The number of likely N-dealkylation sites (N-methyl/N-ethyl adjacent to an activating group) is 1. The number of para-hydroxylation sites is 1. The van der Waals surface area contributed by atoms with Gasteiger partial charge in [0.25, 0.3) is 0 Å². The molecule has 0 spiro atoms. The Morgan fingerprint density at radius 2 is 1.86 bits per heavy atom. The van der Waals surface area contributed by atoms with Gasteiger partial charge in [-0.25, -0.2) is 0 Å². The number of hydrogen-bond acceptors (Lipinski definition) is 3. The Balaban J connectivity index is 0.00000420. The average molecular weight is 436 g/mol. The molecule has 0 radical (unpaired) electrons. The summed E-state index contributed by atoms with van der Waals surface area (Å²) >= 11 is 0. The largest absolute Gasteiger partial charge is 0.418 e. The molecular weight excluding hydrogens is 407 g/mol. The van der Waals surface area contributed by atoms with Crippen molar-refractivity contribution >= 4 is 29.9 Å². The van der Waals surface area contributed by atoms with Gasteiger partial charge >= 0.3 is 6.18 Å². The smallest absolute Gasteiger partial charge is 0.334 e. The van der Waals surface area contributed by atoms with E-state index >= 15 is 0 Å². The second-order valence-corrected chi connectivity index (χ2v) is 7.27. The Labute approximate surface area is 175 Å². The molecule has 5 nitrogen and oxygen atoms in total. The summed E-state index contributed by atoms with van der Waals surface area (Å²) in [6, 6.07) is 4.81. The summed E-state index contributed by atoms with van der Waals surface area (Å²) in [5.41, 5.74) is -1.20. The molecule has 29 heavy (non-hydrogen) atoms. The van der Waals surface area contributed by atoms with Gasteiger partial charge in [-0.3, -0.25) is 9.59 Å². The van der Waals surface area contributed by atoms with Crippen LogP contribution in [-0.4, -0.2) is 42.9 Å². The molecule has 1 saturated heterocycles. The zero-order chi connectivity index (χ0) is 20.7. The maximum atomic E-state index is 13.1. The van der Waals surface area contributed by atoms with Crippen LogP contribution in [0.5, 0.6) is 0 Å². The molecule has 2 amide bonds. The summed E-state index contributed by atoms with van der Waals surface area (Å²) in [7, 11) is 0. The number of benzene rings is 1. The van der Waals surface area contributed by atoms with Crippen molar-refractivity contribution in [3.63, 3.8) is 0 Å². The minimum absolute atomic E-state index is 0. The van der Waals surface area contributed by atoms with Crippen LogP contribution in [0.15, 0.2) is 24.3 Å². The molecular formula is C20H29ClF3N3O2. The van der Waals surface area contributed by atoms with E-state index in [0.717, 1.165) is 32.0 Å². The number of carbonyl (C=O) groups excluding carboxylic acids is 2. The number of halogens is 4. The summed E-state index contributed by atoms with van der Waals surface area (Å²) < 4.78 is 39.2. The first-order valence-electron chi connectivity index (χ1n) is 9.67. The van der Waals surface area contributed by atoms with Gasteiger partial charge in [0, 0.05) is 13.0 Å². The Morgan fingerprint density at radius 1 is 1.24 bits per heavy atom. The Bertz CT molecular complexity index is 679. The maximum Gasteiger partial charge on any atom is 0.418 e. The van der Waals surface area contributed by atoms with Crippen LogP contribution >= 0.6 is 12.4 Å². The molecule has 0 aliphatic carbocycles. The molecule has 0 aromatic heterocycles. The minimum Gasteiger partial charge on any atom is -0.334 e. The van der Waals surface area contributed by atoms with Crippen molar-refractivity contribution in [3.05, 3.63) is 29.8 Å². The van der Waals surface area contributed by atoms with Crippen molar-refractivity contribution in [1.29, 1.82) is 0 Å². The van der Waals surface area contributed by atoms with E-state index in [1.54, 1.807) is 6.92 Å². The fourth-order valence-corrected chi connectivity index (χ4v) is 3.56. The van der Waals surface area contributed by atoms with Gasteiger partial charge in [0.2, 0.25) is 11.8 Å². The molecule has 1 aromatic carbocycles. The zero-order valence-electron chi connectivity index (χ0n) is 16.7. The van der Waals surface area contributed by atoms with Crippen LogP contribution < -0.4 is 10.6 Å². The third kappa shape index (κ3) is 7.51. The lowest BCUT2D eigenvalue weighted by molar-refractivity contribution is -0.137. The van der Waals surface area contributed by atoms with Gasteiger partial charge in [-0.05, 0) is 56.8 Å². The summed E-state index contributed by atoms with van der Waals surface area (Å²) in [5.74, 6) is -0.108. The van der Waals surface area contributed by atoms with E-state index < -0.39 is 17.6 Å². The lowest BCUT2D eigenvalue weighted by Gasteiger charge is -2.29. The molecule has 0 saturated carbocycles. The normalized spacial score (nSPS) is 15.9. The highest BCUT2D eigenvalue weighted by molar-refractivity contribution is 5.95. The molecule has 2 N–H and O–H groups in total. The standard InChI is InChI=1S/C20H28F3N3O2.ClH/c1-3-26(19(28)12-14(2)15-8-10-24-11-9-15)13-18(27)25-17-7-5-4-6-16(17)20(21,22)23;/h4-7,14-15,24H,3,8-13H2,1-2H3,(H,25,27);1H. The summed E-state index contributed by atoms with van der Waals surface area (Å²) in [6.07, 6.45) is -2.18. The number of carbonyl (C=O) groups is 2. The maximum absolute atomic E-state index is 13.1. The lowest BCUT2D eigenvalue weighted by atomic mass is 9.84. The van der Waals surface area contributed by atoms with Gasteiger partial charge in [-0.1, -0.05) is 19.1 Å². The van der Waals surface area contributed by atoms with Gasteiger partial charge in [0.15, 0.2) is 0 Å². The molecule has 1 aliphatic rings. The van der Waals surface area contributed by atoms with Crippen molar-refractivity contribution in [2.45, 2.75) is 39.3 Å². The van der Waals surface area contributed by atoms with E-state index in [1.807, 2.05) is 6.92 Å². The number of rotatable bonds is 7. The molecule has 1 aromatic rings. The highest BCUT2D eigenvalue weighted by Crippen LogP contribution is 2.34. The first-order chi connectivity index (χ1) is 13.2. The van der Waals surface area contributed by atoms with Crippen LogP contribution in [0.3, 0.4) is 0 Å². The van der Waals surface area contributed by atoms with Crippen LogP contribution in [0.2, 0.25) is 0 Å². The fraction of sp³-hybridized carbons (Fsp3) is 0.600. The molecule has 2 rings (SSSR count). The average Bonchev–Trinajstić information content (AvgIpc) is 2.66. The van der Waals surface area contributed by atoms with Gasteiger partial charge < -0.3 is 15.5 Å².